The third kappa shape index (κ3) is 4.59. The normalized spacial score (nSPS) is 13.1. The van der Waals surface area contributed by atoms with Crippen LogP contribution in [-0.2, 0) is 5.41 Å². The van der Waals surface area contributed by atoms with Crippen molar-refractivity contribution in [3.8, 4) is 55.6 Å². The molecule has 1 aliphatic carbocycles. The largest absolute Gasteiger partial charge is 0.0622 e. The lowest BCUT2D eigenvalue weighted by Crippen LogP contribution is -2.15. The molecule has 0 N–H and O–H groups in total. The van der Waals surface area contributed by atoms with Gasteiger partial charge in [0.2, 0.25) is 0 Å². The highest BCUT2D eigenvalue weighted by Crippen LogP contribution is 2.52. The van der Waals surface area contributed by atoms with Crippen LogP contribution in [0.4, 0.5) is 0 Å². The summed E-state index contributed by atoms with van der Waals surface area (Å²) in [5.74, 6) is 0. The maximum absolute atomic E-state index is 2.51. The highest BCUT2D eigenvalue weighted by atomic mass is 14.4. The predicted octanol–water partition coefficient (Wildman–Crippen LogP) is 13.6. The lowest BCUT2D eigenvalue weighted by Gasteiger charge is -2.23. The molecular formula is C49H38. The molecule has 0 saturated carbocycles. The Kier molecular flexibility index (Phi) is 6.71. The van der Waals surface area contributed by atoms with Crippen LogP contribution in [-0.4, -0.2) is 0 Å². The number of hydrogen-bond donors (Lipinski definition) is 0. The van der Waals surface area contributed by atoms with E-state index in [2.05, 4.69) is 185 Å². The molecule has 0 radical (unpaired) electrons. The van der Waals surface area contributed by atoms with E-state index in [1.165, 1.54) is 99.4 Å². The van der Waals surface area contributed by atoms with Crippen molar-refractivity contribution in [3.05, 3.63) is 180 Å². The minimum absolute atomic E-state index is 0.123. The van der Waals surface area contributed by atoms with E-state index in [-0.39, 0.29) is 5.41 Å². The lowest BCUT2D eigenvalue weighted by atomic mass is 9.80. The molecule has 0 saturated heterocycles. The molecule has 49 heavy (non-hydrogen) atoms. The molecule has 0 heteroatoms. The molecule has 8 aromatic rings. The summed E-state index contributed by atoms with van der Waals surface area (Å²) in [7, 11) is 0. The smallest absolute Gasteiger partial charge is 0.0159 e. The van der Waals surface area contributed by atoms with Crippen molar-refractivity contribution >= 4 is 21.5 Å². The van der Waals surface area contributed by atoms with Crippen LogP contribution in [0.3, 0.4) is 0 Å². The number of rotatable bonds is 4. The van der Waals surface area contributed by atoms with Crippen LogP contribution in [0.5, 0.6) is 0 Å². The fourth-order valence-corrected chi connectivity index (χ4v) is 8.42. The first-order chi connectivity index (χ1) is 23.9. The van der Waals surface area contributed by atoms with Crippen molar-refractivity contribution in [2.45, 2.75) is 33.1 Å². The molecule has 0 fully saturated rings. The average Bonchev–Trinajstić information content (AvgIpc) is 3.38. The molecule has 0 heterocycles. The molecule has 8 aromatic carbocycles. The minimum Gasteiger partial charge on any atom is -0.0622 e. The van der Waals surface area contributed by atoms with Gasteiger partial charge < -0.3 is 0 Å². The van der Waals surface area contributed by atoms with E-state index in [1.807, 2.05) is 0 Å². The van der Waals surface area contributed by atoms with Gasteiger partial charge in [0, 0.05) is 5.41 Å². The Morgan fingerprint density at radius 1 is 0.306 bits per heavy atom. The summed E-state index contributed by atoms with van der Waals surface area (Å²) < 4.78 is 0. The quantitative estimate of drug-likeness (QED) is 0.171. The van der Waals surface area contributed by atoms with Crippen molar-refractivity contribution in [2.75, 3.05) is 0 Å². The Morgan fingerprint density at radius 2 is 0.735 bits per heavy atom. The van der Waals surface area contributed by atoms with Crippen molar-refractivity contribution in [2.24, 2.45) is 0 Å². The highest BCUT2D eigenvalue weighted by Gasteiger charge is 2.36. The standard InChI is InChI=1S/C49H38/c1-31-37-25-23-35(40-21-13-11-19-38(40)33-15-7-5-8-16-33)27-43(37)32(2)45-30-48-46(29-44(31)45)42-26-24-36(28-47(42)49(48,3)4)41-22-14-12-20-39(41)34-17-9-6-10-18-34/h5-30H,1-4H3. The Labute approximate surface area is 289 Å². The second-order valence-corrected chi connectivity index (χ2v) is 14.2. The molecule has 0 nitrogen and oxygen atoms in total. The third-order valence-corrected chi connectivity index (χ3v) is 11.1. The number of fused-ring (bicyclic) bond motifs is 5. The Balaban J connectivity index is 1.19. The van der Waals surface area contributed by atoms with Gasteiger partial charge in [0.15, 0.2) is 0 Å². The topological polar surface area (TPSA) is 0 Å². The van der Waals surface area contributed by atoms with Gasteiger partial charge in [-0.3, -0.25) is 0 Å². The Hall–Kier alpha value is -5.72. The van der Waals surface area contributed by atoms with Gasteiger partial charge in [-0.05, 0) is 138 Å². The van der Waals surface area contributed by atoms with Gasteiger partial charge in [-0.2, -0.15) is 0 Å². The van der Waals surface area contributed by atoms with Crippen molar-refractivity contribution in [3.63, 3.8) is 0 Å². The molecule has 234 valence electrons. The van der Waals surface area contributed by atoms with Gasteiger partial charge in [0.25, 0.3) is 0 Å². The minimum atomic E-state index is -0.123. The summed E-state index contributed by atoms with van der Waals surface area (Å²) in [5, 5.41) is 5.37. The zero-order chi connectivity index (χ0) is 33.3. The van der Waals surface area contributed by atoms with E-state index in [4.69, 9.17) is 0 Å². The van der Waals surface area contributed by atoms with Gasteiger partial charge in [-0.1, -0.05) is 147 Å². The van der Waals surface area contributed by atoms with Gasteiger partial charge in [0.05, 0.1) is 0 Å². The maximum atomic E-state index is 2.51. The zero-order valence-electron chi connectivity index (χ0n) is 28.5. The van der Waals surface area contributed by atoms with Crippen LogP contribution in [0.25, 0.3) is 77.2 Å². The molecule has 0 aromatic heterocycles. The first-order valence-electron chi connectivity index (χ1n) is 17.4. The zero-order valence-corrected chi connectivity index (χ0v) is 28.5. The Morgan fingerprint density at radius 3 is 1.33 bits per heavy atom. The molecular weight excluding hydrogens is 589 g/mol. The molecule has 0 atom stereocenters. The molecule has 0 spiro atoms. The third-order valence-electron chi connectivity index (χ3n) is 11.1. The van der Waals surface area contributed by atoms with E-state index >= 15 is 0 Å². The fourth-order valence-electron chi connectivity index (χ4n) is 8.42. The van der Waals surface area contributed by atoms with E-state index in [1.54, 1.807) is 0 Å². The summed E-state index contributed by atoms with van der Waals surface area (Å²) >= 11 is 0. The van der Waals surface area contributed by atoms with Gasteiger partial charge in [-0.25, -0.2) is 0 Å². The second-order valence-electron chi connectivity index (χ2n) is 14.2. The summed E-state index contributed by atoms with van der Waals surface area (Å²) in [4.78, 5) is 0. The van der Waals surface area contributed by atoms with Crippen molar-refractivity contribution < 1.29 is 0 Å². The summed E-state index contributed by atoms with van der Waals surface area (Å²) in [6.07, 6.45) is 0. The van der Waals surface area contributed by atoms with Crippen LogP contribution in [0.1, 0.15) is 36.1 Å². The molecule has 0 unspecified atom stereocenters. The van der Waals surface area contributed by atoms with Crippen LogP contribution in [0, 0.1) is 13.8 Å². The van der Waals surface area contributed by atoms with Gasteiger partial charge in [-0.15, -0.1) is 0 Å². The van der Waals surface area contributed by atoms with Crippen molar-refractivity contribution in [1.82, 2.24) is 0 Å². The summed E-state index contributed by atoms with van der Waals surface area (Å²) in [6, 6.07) is 58.3. The van der Waals surface area contributed by atoms with Crippen LogP contribution >= 0.6 is 0 Å². The van der Waals surface area contributed by atoms with Crippen LogP contribution < -0.4 is 0 Å². The summed E-state index contributed by atoms with van der Waals surface area (Å²) in [5.41, 5.74) is 18.2. The van der Waals surface area contributed by atoms with E-state index in [9.17, 15) is 0 Å². The van der Waals surface area contributed by atoms with E-state index in [0.29, 0.717) is 0 Å². The second kappa shape index (κ2) is 11.2. The van der Waals surface area contributed by atoms with Gasteiger partial charge >= 0.3 is 0 Å². The van der Waals surface area contributed by atoms with E-state index in [0.717, 1.165) is 0 Å². The SMILES string of the molecule is Cc1c2ccc(-c3ccccc3-c3ccccc3)cc2c(C)c2cc3c(cc12)-c1ccc(-c2ccccc2-c2ccccc2)cc1C3(C)C. The number of hydrogen-bond acceptors (Lipinski definition) is 0. The van der Waals surface area contributed by atoms with Crippen LogP contribution in [0.2, 0.25) is 0 Å². The molecule has 1 aliphatic rings. The first kappa shape index (κ1) is 29.4. The molecule has 9 rings (SSSR count). The molecule has 0 bridgehead atoms. The molecule has 0 aliphatic heterocycles. The number of benzene rings is 8. The average molecular weight is 627 g/mol. The van der Waals surface area contributed by atoms with E-state index < -0.39 is 0 Å². The first-order valence-corrected chi connectivity index (χ1v) is 17.4. The van der Waals surface area contributed by atoms with Gasteiger partial charge in [0.1, 0.15) is 0 Å². The monoisotopic (exact) mass is 626 g/mol. The number of aryl methyl sites for hydroxylation is 2. The van der Waals surface area contributed by atoms with Crippen molar-refractivity contribution in [1.29, 1.82) is 0 Å². The predicted molar refractivity (Wildman–Crippen MR) is 210 cm³/mol. The Bertz CT molecular complexity index is 2570. The highest BCUT2D eigenvalue weighted by molar-refractivity contribution is 6.09. The molecule has 0 amide bonds. The lowest BCUT2D eigenvalue weighted by molar-refractivity contribution is 0.661. The maximum Gasteiger partial charge on any atom is 0.0159 e. The van der Waals surface area contributed by atoms with Crippen LogP contribution in [0.15, 0.2) is 158 Å². The summed E-state index contributed by atoms with van der Waals surface area (Å²) in [6.45, 7) is 9.42. The fraction of sp³-hybridized carbons (Fsp3) is 0.102.